The molecule has 0 amide bonds. The van der Waals surface area contributed by atoms with Crippen LogP contribution in [0.15, 0.2) is 6.07 Å². The van der Waals surface area contributed by atoms with Crippen molar-refractivity contribution in [3.63, 3.8) is 0 Å². The van der Waals surface area contributed by atoms with Gasteiger partial charge in [-0.15, -0.1) is 0 Å². The summed E-state index contributed by atoms with van der Waals surface area (Å²) in [5.41, 5.74) is 2.23. The van der Waals surface area contributed by atoms with Crippen LogP contribution in [0.5, 0.6) is 0 Å². The molecule has 0 N–H and O–H groups in total. The smallest absolute Gasteiger partial charge is 0.152 e. The molecular formula is C13H17N3O2S. The molecule has 1 fully saturated rings. The Balaban J connectivity index is 2.40. The van der Waals surface area contributed by atoms with Gasteiger partial charge in [0.25, 0.3) is 0 Å². The molecule has 2 rings (SSSR count). The molecule has 6 heteroatoms. The first-order chi connectivity index (χ1) is 8.84. The summed E-state index contributed by atoms with van der Waals surface area (Å²) in [5.74, 6) is 0.944. The fraction of sp³-hybridized carbons (Fsp3) is 0.538. The Morgan fingerprint density at radius 3 is 2.68 bits per heavy atom. The monoisotopic (exact) mass is 279 g/mol. The molecule has 1 aromatic rings. The predicted molar refractivity (Wildman–Crippen MR) is 73.9 cm³/mol. The van der Waals surface area contributed by atoms with Crippen LogP contribution in [0.2, 0.25) is 0 Å². The number of aryl methyl sites for hydroxylation is 2. The number of sulfone groups is 1. The molecule has 5 nitrogen and oxygen atoms in total. The van der Waals surface area contributed by atoms with Gasteiger partial charge in [0.1, 0.15) is 11.9 Å². The summed E-state index contributed by atoms with van der Waals surface area (Å²) in [7, 11) is -1.13. The molecule has 1 aliphatic rings. The quantitative estimate of drug-likeness (QED) is 0.813. The molecule has 1 aromatic heterocycles. The molecule has 0 aliphatic carbocycles. The molecule has 0 spiro atoms. The maximum atomic E-state index is 11.6. The topological polar surface area (TPSA) is 74.1 Å². The van der Waals surface area contributed by atoms with Gasteiger partial charge in [-0.3, -0.25) is 0 Å². The number of rotatable bonds is 2. The van der Waals surface area contributed by atoms with E-state index in [9.17, 15) is 13.7 Å². The van der Waals surface area contributed by atoms with Crippen molar-refractivity contribution >= 4 is 15.7 Å². The molecule has 0 aromatic carbocycles. The van der Waals surface area contributed by atoms with Crippen LogP contribution >= 0.6 is 0 Å². The highest BCUT2D eigenvalue weighted by atomic mass is 32.2. The van der Waals surface area contributed by atoms with Gasteiger partial charge in [0.15, 0.2) is 9.84 Å². The van der Waals surface area contributed by atoms with Crippen molar-refractivity contribution in [1.29, 1.82) is 5.26 Å². The minimum atomic E-state index is -2.94. The first kappa shape index (κ1) is 13.8. The van der Waals surface area contributed by atoms with Crippen molar-refractivity contribution < 1.29 is 8.42 Å². The van der Waals surface area contributed by atoms with Gasteiger partial charge < -0.3 is 4.90 Å². The van der Waals surface area contributed by atoms with E-state index in [0.717, 1.165) is 11.3 Å². The van der Waals surface area contributed by atoms with Gasteiger partial charge >= 0.3 is 0 Å². The number of nitriles is 1. The van der Waals surface area contributed by atoms with E-state index in [2.05, 4.69) is 11.1 Å². The van der Waals surface area contributed by atoms with Gasteiger partial charge in [-0.05, 0) is 31.9 Å². The average Bonchev–Trinajstić information content (AvgIpc) is 2.68. The van der Waals surface area contributed by atoms with Gasteiger partial charge in [-0.2, -0.15) is 5.26 Å². The molecule has 2 heterocycles. The molecular weight excluding hydrogens is 262 g/mol. The van der Waals surface area contributed by atoms with Gasteiger partial charge in [0.05, 0.1) is 17.1 Å². The lowest BCUT2D eigenvalue weighted by Crippen LogP contribution is -2.34. The molecule has 0 radical (unpaired) electrons. The first-order valence-corrected chi connectivity index (χ1v) is 7.98. The lowest BCUT2D eigenvalue weighted by atomic mass is 10.1. The lowest BCUT2D eigenvalue weighted by Gasteiger charge is -2.26. The minimum Gasteiger partial charge on any atom is -0.355 e. The van der Waals surface area contributed by atoms with Crippen molar-refractivity contribution in [3.05, 3.63) is 22.9 Å². The molecule has 0 saturated carbocycles. The van der Waals surface area contributed by atoms with Crippen molar-refractivity contribution in [3.8, 4) is 6.07 Å². The minimum absolute atomic E-state index is 0.0919. The summed E-state index contributed by atoms with van der Waals surface area (Å²) in [6.07, 6.45) is 0.596. The second-order valence-corrected chi connectivity index (χ2v) is 7.29. The number of aromatic nitrogens is 1. The zero-order valence-electron chi connectivity index (χ0n) is 11.3. The highest BCUT2D eigenvalue weighted by molar-refractivity contribution is 7.91. The fourth-order valence-corrected chi connectivity index (χ4v) is 4.24. The second-order valence-electron chi connectivity index (χ2n) is 5.06. The van der Waals surface area contributed by atoms with E-state index in [1.54, 1.807) is 0 Å². The zero-order valence-corrected chi connectivity index (χ0v) is 12.2. The molecule has 1 unspecified atom stereocenters. The normalized spacial score (nSPS) is 21.1. The summed E-state index contributed by atoms with van der Waals surface area (Å²) >= 11 is 0. The summed E-state index contributed by atoms with van der Waals surface area (Å²) in [6, 6.07) is 3.93. The Morgan fingerprint density at radius 2 is 2.16 bits per heavy atom. The lowest BCUT2D eigenvalue weighted by molar-refractivity contribution is 0.600. The second kappa shape index (κ2) is 4.82. The van der Waals surface area contributed by atoms with Crippen LogP contribution < -0.4 is 4.90 Å². The van der Waals surface area contributed by atoms with Gasteiger partial charge in [-0.1, -0.05) is 0 Å². The van der Waals surface area contributed by atoms with Crippen LogP contribution in [0.25, 0.3) is 0 Å². The predicted octanol–water partition coefficient (Wildman–Crippen LogP) is 1.19. The van der Waals surface area contributed by atoms with E-state index >= 15 is 0 Å². The van der Waals surface area contributed by atoms with E-state index in [1.165, 1.54) is 0 Å². The average molecular weight is 279 g/mol. The SMILES string of the molecule is Cc1cc(C)c(C#N)c(N(C)C2CCS(=O)(=O)C2)n1. The Labute approximate surface area is 113 Å². The standard InChI is InChI=1S/C13H17N3O2S/c1-9-6-10(2)15-13(12(9)7-14)16(3)11-4-5-19(17,18)8-11/h6,11H,4-5,8H2,1-3H3. The Morgan fingerprint density at radius 1 is 1.47 bits per heavy atom. The van der Waals surface area contributed by atoms with E-state index in [-0.39, 0.29) is 17.5 Å². The third-order valence-corrected chi connectivity index (χ3v) is 5.28. The van der Waals surface area contributed by atoms with Crippen molar-refractivity contribution in [2.24, 2.45) is 0 Å². The van der Waals surface area contributed by atoms with Crippen LogP contribution in [-0.4, -0.2) is 38.0 Å². The number of pyridine rings is 1. The number of hydrogen-bond donors (Lipinski definition) is 0. The highest BCUT2D eigenvalue weighted by Gasteiger charge is 2.32. The number of hydrogen-bond acceptors (Lipinski definition) is 5. The first-order valence-electron chi connectivity index (χ1n) is 6.15. The van der Waals surface area contributed by atoms with Crippen molar-refractivity contribution in [2.75, 3.05) is 23.5 Å². The zero-order chi connectivity index (χ0) is 14.2. The van der Waals surface area contributed by atoms with E-state index in [1.807, 2.05) is 31.9 Å². The third kappa shape index (κ3) is 2.71. The maximum Gasteiger partial charge on any atom is 0.152 e. The third-order valence-electron chi connectivity index (χ3n) is 3.53. The maximum absolute atomic E-state index is 11.6. The Kier molecular flexibility index (Phi) is 3.50. The molecule has 1 aliphatic heterocycles. The van der Waals surface area contributed by atoms with Gasteiger partial charge in [-0.25, -0.2) is 13.4 Å². The number of anilines is 1. The van der Waals surface area contributed by atoms with Crippen LogP contribution in [0.3, 0.4) is 0 Å². The largest absolute Gasteiger partial charge is 0.355 e. The van der Waals surface area contributed by atoms with Gasteiger partial charge in [0, 0.05) is 18.8 Å². The summed E-state index contributed by atoms with van der Waals surface area (Å²) in [6.45, 7) is 3.74. The summed E-state index contributed by atoms with van der Waals surface area (Å²) in [4.78, 5) is 6.24. The Bertz CT molecular complexity index is 647. The molecule has 1 saturated heterocycles. The summed E-state index contributed by atoms with van der Waals surface area (Å²) < 4.78 is 23.1. The molecule has 19 heavy (non-hydrogen) atoms. The molecule has 102 valence electrons. The fourth-order valence-electron chi connectivity index (χ4n) is 2.46. The van der Waals surface area contributed by atoms with E-state index in [4.69, 9.17) is 0 Å². The van der Waals surface area contributed by atoms with Crippen molar-refractivity contribution in [2.45, 2.75) is 26.3 Å². The molecule has 0 bridgehead atoms. The van der Waals surface area contributed by atoms with Crippen LogP contribution in [0.1, 0.15) is 23.2 Å². The van der Waals surface area contributed by atoms with Crippen LogP contribution in [0, 0.1) is 25.2 Å². The van der Waals surface area contributed by atoms with Crippen LogP contribution in [-0.2, 0) is 9.84 Å². The van der Waals surface area contributed by atoms with Crippen LogP contribution in [0.4, 0.5) is 5.82 Å². The van der Waals surface area contributed by atoms with E-state index in [0.29, 0.717) is 17.8 Å². The Hall–Kier alpha value is -1.61. The number of nitrogens with zero attached hydrogens (tertiary/aromatic N) is 3. The highest BCUT2D eigenvalue weighted by Crippen LogP contribution is 2.26. The van der Waals surface area contributed by atoms with Gasteiger partial charge in [0.2, 0.25) is 0 Å². The molecule has 1 atom stereocenters. The summed E-state index contributed by atoms with van der Waals surface area (Å²) in [5, 5.41) is 9.25. The van der Waals surface area contributed by atoms with Crippen molar-refractivity contribution in [1.82, 2.24) is 4.98 Å². The van der Waals surface area contributed by atoms with E-state index < -0.39 is 9.84 Å².